The molecule has 0 unspecified atom stereocenters. The van der Waals surface area contributed by atoms with Crippen LogP contribution in [0.4, 0.5) is 0 Å². The number of carbonyl (C=O) groups is 2. The Kier molecular flexibility index (Phi) is 6.24. The maximum atomic E-state index is 12.3. The van der Waals surface area contributed by atoms with Crippen LogP contribution in [0.3, 0.4) is 0 Å². The summed E-state index contributed by atoms with van der Waals surface area (Å²) in [5, 5.41) is 23.7. The van der Waals surface area contributed by atoms with E-state index in [0.717, 1.165) is 38.8 Å². The zero-order chi connectivity index (χ0) is 14.3. The standard InChI is InChI=1S/C13H24N2O4/c1-2-4-13(5-8-14-9-6-13)12(19)15-7-3-10(16)11(17)18/h10,14,16H,2-9H2,1H3,(H,15,19)(H,17,18)/t10-/m0/s1. The molecule has 110 valence electrons. The summed E-state index contributed by atoms with van der Waals surface area (Å²) < 4.78 is 0. The number of aliphatic hydroxyl groups is 1. The Balaban J connectivity index is 2.46. The number of hydrogen-bond donors (Lipinski definition) is 4. The lowest BCUT2D eigenvalue weighted by Gasteiger charge is -2.36. The second-order valence-electron chi connectivity index (χ2n) is 5.18. The lowest BCUT2D eigenvalue weighted by molar-refractivity contribution is -0.147. The highest BCUT2D eigenvalue weighted by atomic mass is 16.4. The van der Waals surface area contributed by atoms with Crippen molar-refractivity contribution in [1.82, 2.24) is 10.6 Å². The van der Waals surface area contributed by atoms with Gasteiger partial charge in [-0.25, -0.2) is 4.79 Å². The van der Waals surface area contributed by atoms with Gasteiger partial charge in [-0.15, -0.1) is 0 Å². The number of amides is 1. The third kappa shape index (κ3) is 4.47. The predicted octanol–water partition coefficient (Wildman–Crippen LogP) is 0.108. The van der Waals surface area contributed by atoms with E-state index in [1.807, 2.05) is 0 Å². The highest BCUT2D eigenvalue weighted by Gasteiger charge is 2.38. The van der Waals surface area contributed by atoms with Crippen molar-refractivity contribution in [3.8, 4) is 0 Å². The second-order valence-corrected chi connectivity index (χ2v) is 5.18. The van der Waals surface area contributed by atoms with Gasteiger partial charge in [-0.05, 0) is 32.4 Å². The van der Waals surface area contributed by atoms with E-state index in [-0.39, 0.29) is 24.3 Å². The van der Waals surface area contributed by atoms with Gasteiger partial charge in [0.05, 0.1) is 5.41 Å². The Labute approximate surface area is 113 Å². The molecular formula is C13H24N2O4. The van der Waals surface area contributed by atoms with Crippen molar-refractivity contribution in [1.29, 1.82) is 0 Å². The number of carboxylic acid groups (broad SMARTS) is 1. The molecule has 1 fully saturated rings. The smallest absolute Gasteiger partial charge is 0.332 e. The van der Waals surface area contributed by atoms with Gasteiger partial charge < -0.3 is 20.8 Å². The molecule has 0 aliphatic carbocycles. The lowest BCUT2D eigenvalue weighted by atomic mass is 9.74. The molecule has 1 aliphatic heterocycles. The molecule has 1 amide bonds. The number of aliphatic carboxylic acids is 1. The first-order valence-electron chi connectivity index (χ1n) is 6.92. The Hall–Kier alpha value is -1.14. The van der Waals surface area contributed by atoms with Crippen LogP contribution in [0, 0.1) is 5.41 Å². The predicted molar refractivity (Wildman–Crippen MR) is 70.7 cm³/mol. The van der Waals surface area contributed by atoms with Crippen molar-refractivity contribution in [3.05, 3.63) is 0 Å². The molecule has 1 aliphatic rings. The van der Waals surface area contributed by atoms with Gasteiger partial charge in [0, 0.05) is 13.0 Å². The number of carbonyl (C=O) groups excluding carboxylic acids is 1. The summed E-state index contributed by atoms with van der Waals surface area (Å²) in [7, 11) is 0. The Morgan fingerprint density at radius 3 is 2.53 bits per heavy atom. The van der Waals surface area contributed by atoms with Gasteiger partial charge in [0.2, 0.25) is 5.91 Å². The third-order valence-corrected chi connectivity index (χ3v) is 3.76. The first-order valence-corrected chi connectivity index (χ1v) is 6.92. The van der Waals surface area contributed by atoms with E-state index in [1.54, 1.807) is 0 Å². The summed E-state index contributed by atoms with van der Waals surface area (Å²) in [6.07, 6.45) is 2.06. The van der Waals surface area contributed by atoms with Crippen LogP contribution < -0.4 is 10.6 Å². The fraction of sp³-hybridized carbons (Fsp3) is 0.846. The van der Waals surface area contributed by atoms with E-state index >= 15 is 0 Å². The minimum Gasteiger partial charge on any atom is -0.479 e. The second kappa shape index (κ2) is 7.45. The zero-order valence-corrected chi connectivity index (χ0v) is 11.4. The highest BCUT2D eigenvalue weighted by molar-refractivity contribution is 5.82. The first-order chi connectivity index (χ1) is 9.02. The van der Waals surface area contributed by atoms with Gasteiger partial charge in [-0.3, -0.25) is 4.79 Å². The van der Waals surface area contributed by atoms with Crippen LogP contribution in [-0.2, 0) is 9.59 Å². The topological polar surface area (TPSA) is 98.7 Å². The number of piperidine rings is 1. The molecule has 1 rings (SSSR count). The number of nitrogens with one attached hydrogen (secondary N) is 2. The first kappa shape index (κ1) is 15.9. The van der Waals surface area contributed by atoms with Gasteiger partial charge in [0.25, 0.3) is 0 Å². The van der Waals surface area contributed by atoms with Crippen LogP contribution >= 0.6 is 0 Å². The Morgan fingerprint density at radius 1 is 1.37 bits per heavy atom. The summed E-state index contributed by atoms with van der Waals surface area (Å²) in [5.41, 5.74) is -0.325. The molecule has 4 N–H and O–H groups in total. The van der Waals surface area contributed by atoms with E-state index < -0.39 is 12.1 Å². The van der Waals surface area contributed by atoms with Crippen LogP contribution in [0.2, 0.25) is 0 Å². The maximum Gasteiger partial charge on any atom is 0.332 e. The molecule has 0 aromatic heterocycles. The largest absolute Gasteiger partial charge is 0.479 e. The van der Waals surface area contributed by atoms with Crippen molar-refractivity contribution in [2.75, 3.05) is 19.6 Å². The molecule has 0 bridgehead atoms. The van der Waals surface area contributed by atoms with Gasteiger partial charge in [0.15, 0.2) is 6.10 Å². The summed E-state index contributed by atoms with van der Waals surface area (Å²) >= 11 is 0. The van der Waals surface area contributed by atoms with E-state index in [0.29, 0.717) is 0 Å². The van der Waals surface area contributed by atoms with Crippen LogP contribution in [0.25, 0.3) is 0 Å². The van der Waals surface area contributed by atoms with E-state index in [1.165, 1.54) is 0 Å². The average Bonchev–Trinajstić information content (AvgIpc) is 2.39. The van der Waals surface area contributed by atoms with Crippen LogP contribution in [0.5, 0.6) is 0 Å². The highest BCUT2D eigenvalue weighted by Crippen LogP contribution is 2.34. The van der Waals surface area contributed by atoms with Gasteiger partial charge in [-0.1, -0.05) is 13.3 Å². The molecule has 1 atom stereocenters. The van der Waals surface area contributed by atoms with Crippen molar-refractivity contribution in [3.63, 3.8) is 0 Å². The Bertz CT molecular complexity index is 308. The minimum absolute atomic E-state index is 0.00608. The molecule has 6 nitrogen and oxygen atoms in total. The number of carboxylic acids is 1. The number of rotatable bonds is 7. The fourth-order valence-electron chi connectivity index (χ4n) is 2.61. The summed E-state index contributed by atoms with van der Waals surface area (Å²) in [6, 6.07) is 0. The van der Waals surface area contributed by atoms with E-state index in [2.05, 4.69) is 17.6 Å². The van der Waals surface area contributed by atoms with Gasteiger partial charge in [-0.2, -0.15) is 0 Å². The third-order valence-electron chi connectivity index (χ3n) is 3.76. The molecule has 0 spiro atoms. The van der Waals surface area contributed by atoms with Gasteiger partial charge >= 0.3 is 5.97 Å². The SMILES string of the molecule is CCCC1(C(=O)NCC[C@H](O)C(=O)O)CCNCC1. The van der Waals surface area contributed by atoms with Crippen LogP contribution in [0.1, 0.15) is 39.0 Å². The molecule has 0 radical (unpaired) electrons. The van der Waals surface area contributed by atoms with Crippen molar-refractivity contribution < 1.29 is 19.8 Å². The molecule has 1 heterocycles. The average molecular weight is 272 g/mol. The molecule has 0 aromatic rings. The molecule has 1 saturated heterocycles. The number of hydrogen-bond acceptors (Lipinski definition) is 4. The molecular weight excluding hydrogens is 248 g/mol. The van der Waals surface area contributed by atoms with E-state index in [9.17, 15) is 9.59 Å². The lowest BCUT2D eigenvalue weighted by Crippen LogP contribution is -2.48. The van der Waals surface area contributed by atoms with Crippen LogP contribution in [-0.4, -0.2) is 47.8 Å². The van der Waals surface area contributed by atoms with E-state index in [4.69, 9.17) is 10.2 Å². The maximum absolute atomic E-state index is 12.3. The quantitative estimate of drug-likeness (QED) is 0.527. The zero-order valence-electron chi connectivity index (χ0n) is 11.4. The molecule has 0 saturated carbocycles. The summed E-state index contributed by atoms with van der Waals surface area (Å²) in [6.45, 7) is 3.94. The van der Waals surface area contributed by atoms with Crippen LogP contribution in [0.15, 0.2) is 0 Å². The minimum atomic E-state index is -1.41. The Morgan fingerprint density at radius 2 is 2.00 bits per heavy atom. The number of aliphatic hydroxyl groups excluding tert-OH is 1. The fourth-order valence-corrected chi connectivity index (χ4v) is 2.61. The van der Waals surface area contributed by atoms with Crippen molar-refractivity contribution in [2.24, 2.45) is 5.41 Å². The molecule has 19 heavy (non-hydrogen) atoms. The van der Waals surface area contributed by atoms with Crippen molar-refractivity contribution >= 4 is 11.9 Å². The molecule has 6 heteroatoms. The normalized spacial score (nSPS) is 19.7. The summed E-state index contributed by atoms with van der Waals surface area (Å²) in [4.78, 5) is 22.8. The summed E-state index contributed by atoms with van der Waals surface area (Å²) in [5.74, 6) is -1.26. The monoisotopic (exact) mass is 272 g/mol. The molecule has 0 aromatic carbocycles. The van der Waals surface area contributed by atoms with Crippen molar-refractivity contribution in [2.45, 2.75) is 45.1 Å². The van der Waals surface area contributed by atoms with Gasteiger partial charge in [0.1, 0.15) is 0 Å².